The molecule has 0 aliphatic heterocycles. The van der Waals surface area contributed by atoms with E-state index < -0.39 is 125 Å². The molecular weight excluding hydrogens is 1620 g/mol. The first kappa shape index (κ1) is 108. The number of nitrogens with one attached hydrogen (secondary N) is 3. The number of benzene rings is 7. The van der Waals surface area contributed by atoms with E-state index in [1.54, 1.807) is 97.1 Å². The minimum absolute atomic E-state index is 0.00772. The highest BCUT2D eigenvalue weighted by molar-refractivity contribution is 6.43. The lowest BCUT2D eigenvalue weighted by Crippen LogP contribution is -2.69. The van der Waals surface area contributed by atoms with Gasteiger partial charge in [0.2, 0.25) is 17.3 Å². The van der Waals surface area contributed by atoms with Gasteiger partial charge in [-0.25, -0.2) is 0 Å². The van der Waals surface area contributed by atoms with Crippen LogP contribution in [0, 0.1) is 0 Å². The number of amides is 2. The first-order valence-corrected chi connectivity index (χ1v) is 38.0. The van der Waals surface area contributed by atoms with Gasteiger partial charge in [0, 0.05) is 119 Å². The predicted octanol–water partition coefficient (Wildman–Crippen LogP) is -9.89. The molecule has 0 spiro atoms. The Labute approximate surface area is 711 Å². The summed E-state index contributed by atoms with van der Waals surface area (Å²) in [4.78, 5) is 195. The van der Waals surface area contributed by atoms with Gasteiger partial charge in [0.15, 0.2) is 11.6 Å². The average Bonchev–Trinajstić information content (AvgIpc) is 0.860. The Morgan fingerprint density at radius 3 is 0.863 bits per heavy atom. The topological polar surface area (TPSA) is 698 Å². The van der Waals surface area contributed by atoms with E-state index in [1.165, 1.54) is 65.8 Å². The Morgan fingerprint density at radius 1 is 0.315 bits per heavy atom. The molecular formula is C87H104F2N10O25. The van der Waals surface area contributed by atoms with Gasteiger partial charge in [0.1, 0.15) is 65.4 Å². The van der Waals surface area contributed by atoms with Crippen molar-refractivity contribution in [2.75, 3.05) is 23.7 Å². The summed E-state index contributed by atoms with van der Waals surface area (Å²) in [6.07, 6.45) is 2.64. The van der Waals surface area contributed by atoms with Crippen molar-refractivity contribution in [1.82, 2.24) is 5.32 Å². The van der Waals surface area contributed by atoms with Crippen LogP contribution < -0.4 is 91.8 Å². The van der Waals surface area contributed by atoms with Gasteiger partial charge in [0.25, 0.3) is 11.8 Å². The smallest absolute Gasteiger partial charge is 0.330 e. The Hall–Kier alpha value is -13.8. The van der Waals surface area contributed by atoms with Gasteiger partial charge in [-0.15, -0.1) is 0 Å². The summed E-state index contributed by atoms with van der Waals surface area (Å²) in [6, 6.07) is 39.6. The van der Waals surface area contributed by atoms with Crippen LogP contribution in [0.15, 0.2) is 170 Å². The van der Waals surface area contributed by atoms with Crippen LogP contribution in [-0.4, -0.2) is 161 Å². The van der Waals surface area contributed by atoms with Gasteiger partial charge >= 0.3 is 5.92 Å². The quantitative estimate of drug-likeness (QED) is 0.0126. The Kier molecular flexibility index (Phi) is 48.1. The molecule has 7 aromatic carbocycles. The summed E-state index contributed by atoms with van der Waals surface area (Å²) >= 11 is 0. The zero-order valence-electron chi connectivity index (χ0n) is 69.6. The first-order chi connectivity index (χ1) is 57.8. The van der Waals surface area contributed by atoms with Crippen molar-refractivity contribution in [3.63, 3.8) is 0 Å². The zero-order valence-corrected chi connectivity index (χ0v) is 69.6. The Morgan fingerprint density at radius 2 is 0.589 bits per heavy atom. The van der Waals surface area contributed by atoms with Crippen LogP contribution in [0.25, 0.3) is 0 Å². The van der Waals surface area contributed by atoms with Gasteiger partial charge in [-0.3, -0.25) is 47.9 Å². The normalized spacial score (nSPS) is 12.0. The molecule has 37 heteroatoms. The number of carbonyl (C=O) groups excluding carboxylic acids is 18. The molecule has 24 N–H and O–H groups in total. The average molecular weight is 1730 g/mol. The maximum Gasteiger partial charge on any atom is 0.330 e. The van der Waals surface area contributed by atoms with Crippen LogP contribution in [0.5, 0.6) is 0 Å². The van der Waals surface area contributed by atoms with Crippen molar-refractivity contribution in [2.24, 2.45) is 0 Å². The van der Waals surface area contributed by atoms with E-state index in [4.69, 9.17) is 0 Å². The predicted molar refractivity (Wildman–Crippen MR) is 423 cm³/mol. The molecule has 0 aliphatic carbocycles. The summed E-state index contributed by atoms with van der Waals surface area (Å²) in [7, 11) is 0. The first-order valence-electron chi connectivity index (χ1n) is 38.0. The molecule has 0 aromatic heterocycles. The third-order valence-electron chi connectivity index (χ3n) is 17.2. The van der Waals surface area contributed by atoms with Crippen LogP contribution in [0.2, 0.25) is 0 Å². The number of carboxylic acid groups (broad SMARTS) is 7. The SMILES string of the molecule is CC(=O)C(=O)Nc1ccc(C[C@H]([NH3+])C(=O)[O-])cc1.CC(=O)C(=O)c1ccc(C[C@H]([NH3+])C(=O)[O-])cc1.CC(=O)C(F)(F)c1ccc(C[C@H]([NH3+])C(=O)[O-])cc1.CC(=O)CCC(=O)c1ccc(C[C@H]([NH3+])C(=O)[O-])cc1.CC(=O)CNC(=O)c1ccc(C[C@H]([NH3+])C(=O)[O-])cc1.CC(=O)CNc1ccc(C[C@H]([NH3+])C(=O)[O-])cc1.CC(=O)Cc1ccc(C[C@H]([NH3+])C(=O)[O-])cc1. The van der Waals surface area contributed by atoms with Gasteiger partial charge in [-0.1, -0.05) is 133 Å². The number of anilines is 2. The summed E-state index contributed by atoms with van der Waals surface area (Å²) in [5.41, 5.74) is 32.6. The number of aliphatic carboxylic acids is 7. The van der Waals surface area contributed by atoms with Gasteiger partial charge in [0.05, 0.1) is 54.9 Å². The fourth-order valence-electron chi connectivity index (χ4n) is 9.99. The Balaban J connectivity index is 0.000000724. The van der Waals surface area contributed by atoms with Crippen LogP contribution in [0.1, 0.15) is 142 Å². The maximum absolute atomic E-state index is 13.3. The molecule has 124 heavy (non-hydrogen) atoms. The fraction of sp³-hybridized carbons (Fsp3) is 0.310. The second-order valence-electron chi connectivity index (χ2n) is 28.5. The van der Waals surface area contributed by atoms with Crippen LogP contribution in [-0.2, 0) is 129 Å². The minimum Gasteiger partial charge on any atom is -0.544 e. The number of carbonyl (C=O) groups is 18. The summed E-state index contributed by atoms with van der Waals surface area (Å²) in [5.74, 6) is -15.9. The summed E-state index contributed by atoms with van der Waals surface area (Å²) in [5, 5.41) is 81.5. The summed E-state index contributed by atoms with van der Waals surface area (Å²) in [6.45, 7) is 9.36. The molecule has 2 amide bonds. The third-order valence-corrected chi connectivity index (χ3v) is 17.2. The van der Waals surface area contributed by atoms with Crippen molar-refractivity contribution in [1.29, 1.82) is 0 Å². The van der Waals surface area contributed by atoms with Crippen molar-refractivity contribution in [2.45, 2.75) is 161 Å². The lowest BCUT2D eigenvalue weighted by atomic mass is 10.0. The number of hydrogen-bond acceptors (Lipinski definition) is 26. The lowest BCUT2D eigenvalue weighted by molar-refractivity contribution is -0.437. The highest BCUT2D eigenvalue weighted by atomic mass is 19.3. The van der Waals surface area contributed by atoms with E-state index in [2.05, 4.69) is 56.1 Å². The van der Waals surface area contributed by atoms with E-state index in [9.17, 15) is 131 Å². The number of ketones is 9. The van der Waals surface area contributed by atoms with Gasteiger partial charge in [-0.2, -0.15) is 8.78 Å². The molecule has 7 atom stereocenters. The highest BCUT2D eigenvalue weighted by Crippen LogP contribution is 2.29. The maximum atomic E-state index is 13.3. The van der Waals surface area contributed by atoms with Crippen LogP contribution in [0.4, 0.5) is 20.2 Å². The third kappa shape index (κ3) is 44.5. The number of alkyl halides is 2. The second kappa shape index (κ2) is 55.2. The largest absolute Gasteiger partial charge is 0.544 e. The lowest BCUT2D eigenvalue weighted by Gasteiger charge is -2.14. The fourth-order valence-corrected chi connectivity index (χ4v) is 9.99. The highest BCUT2D eigenvalue weighted by Gasteiger charge is 2.37. The zero-order chi connectivity index (χ0) is 94.4. The van der Waals surface area contributed by atoms with Crippen molar-refractivity contribution >= 4 is 117 Å². The molecule has 0 saturated carbocycles. The Bertz CT molecular complexity index is 4730. The monoisotopic (exact) mass is 1730 g/mol. The molecule has 0 heterocycles. The van der Waals surface area contributed by atoms with Crippen LogP contribution in [0.3, 0.4) is 0 Å². The van der Waals surface area contributed by atoms with Gasteiger partial charge < -0.3 is 130 Å². The van der Waals surface area contributed by atoms with E-state index in [1.807, 2.05) is 36.4 Å². The number of Topliss-reactive ketones (excluding diaryl/α,β-unsaturated/α-hetero) is 9. The molecule has 7 aromatic rings. The molecule has 666 valence electrons. The van der Waals surface area contributed by atoms with Crippen molar-refractivity contribution < 1.29 is 171 Å². The number of rotatable bonds is 39. The standard InChI is InChI=1S/C14H17NO4.C13H16N2O4.C12H13F2NO3.C12H14N2O4.C12H16N2O3.C12H13NO4.C12H15NO3/c1-9(16)2-7-13(17)11-5-3-10(4-6-11)8-12(15)14(18)19;1-8(16)7-15-12(17)10-4-2-9(3-5-10)6-11(14)13(18)19;1-7(16)12(13,14)9-4-2-8(3-5-9)6-10(15)11(17)18;1-7(15)11(16)14-9-4-2-8(3-5-9)6-10(13)12(17)18;1-8(15)7-14-10-4-2-9(3-5-10)6-11(13)12(16)17;1-7(14)11(15)9-4-2-8(3-5-9)6-10(13)12(16)17;1-8(14)6-9-2-4-10(5-3-9)7-11(13)12(15)16/h3-6,12H,2,7-8,15H2,1H3,(H,18,19);2-5,11H,6-7,14H2,1H3,(H,15,17)(H,18,19);2-5,10H,6,15H2,1H3,(H,17,18);2-5,10H,6,13H2,1H3,(H,14,16)(H,17,18);2-5,11,14H,6-7,13H2,1H3,(H,16,17);2-5,10H,6,13H2,1H3,(H,16,17);2-5,11H,6-7,13H2,1H3,(H,15,16)/t12-;11-;2*10-;11-;10-;11-/m0000000/s1. The molecule has 0 radical (unpaired) electrons. The van der Waals surface area contributed by atoms with Crippen molar-refractivity contribution in [3.8, 4) is 0 Å². The number of hydrogen-bond donors (Lipinski definition) is 10. The number of halogens is 2. The van der Waals surface area contributed by atoms with E-state index in [-0.39, 0.29) is 92.9 Å². The minimum atomic E-state index is -3.52. The molecule has 0 aliphatic rings. The molecule has 0 saturated heterocycles. The molecule has 7 rings (SSSR count). The molecule has 0 bridgehead atoms. The van der Waals surface area contributed by atoms with Gasteiger partial charge in [-0.05, 0) is 109 Å². The number of carboxylic acids is 7. The molecule has 0 unspecified atom stereocenters. The van der Waals surface area contributed by atoms with E-state index >= 15 is 0 Å². The van der Waals surface area contributed by atoms with Crippen LogP contribution >= 0.6 is 0 Å². The molecule has 35 nitrogen and oxygen atoms in total. The summed E-state index contributed by atoms with van der Waals surface area (Å²) < 4.78 is 26.7. The van der Waals surface area contributed by atoms with E-state index in [0.717, 1.165) is 63.7 Å². The van der Waals surface area contributed by atoms with Crippen molar-refractivity contribution in [3.05, 3.63) is 237 Å². The van der Waals surface area contributed by atoms with E-state index in [0.29, 0.717) is 47.2 Å². The number of quaternary nitrogens is 7. The molecule has 0 fully saturated rings. The second-order valence-corrected chi connectivity index (χ2v) is 28.5.